The lowest BCUT2D eigenvalue weighted by Gasteiger charge is -2.18. The zero-order chi connectivity index (χ0) is 18.4. The summed E-state index contributed by atoms with van der Waals surface area (Å²) in [5.74, 6) is 1.80. The highest BCUT2D eigenvalue weighted by molar-refractivity contribution is 8.01. The molecule has 0 spiro atoms. The highest BCUT2D eigenvalue weighted by Gasteiger charge is 2.43. The van der Waals surface area contributed by atoms with E-state index in [9.17, 15) is 0 Å². The molecule has 0 bridgehead atoms. The van der Waals surface area contributed by atoms with E-state index in [2.05, 4.69) is 57.0 Å². The average Bonchev–Trinajstić information content (AvgIpc) is 3.42. The maximum atomic E-state index is 4.36. The number of hydrogen-bond donors (Lipinski definition) is 2. The van der Waals surface area contributed by atoms with Gasteiger partial charge in [0.05, 0.1) is 0 Å². The lowest BCUT2D eigenvalue weighted by Crippen LogP contribution is -2.40. The molecule has 26 heavy (non-hydrogen) atoms. The Labute approximate surface area is 160 Å². The Morgan fingerprint density at radius 2 is 1.96 bits per heavy atom. The molecule has 1 fully saturated rings. The summed E-state index contributed by atoms with van der Waals surface area (Å²) in [5.41, 5.74) is 1.19. The van der Waals surface area contributed by atoms with Crippen molar-refractivity contribution in [1.82, 2.24) is 15.6 Å². The van der Waals surface area contributed by atoms with E-state index in [1.54, 1.807) is 0 Å². The number of anilines is 1. The number of thioether (sulfide) groups is 1. The van der Waals surface area contributed by atoms with Gasteiger partial charge < -0.3 is 15.5 Å². The van der Waals surface area contributed by atoms with Gasteiger partial charge in [-0.3, -0.25) is 4.99 Å². The van der Waals surface area contributed by atoms with Gasteiger partial charge in [0.2, 0.25) is 0 Å². The predicted octanol–water partition coefficient (Wildman–Crippen LogP) is 3.14. The van der Waals surface area contributed by atoms with Crippen LogP contribution in [0.1, 0.15) is 18.4 Å². The second-order valence-electron chi connectivity index (χ2n) is 6.79. The monoisotopic (exact) mass is 369 g/mol. The third kappa shape index (κ3) is 5.14. The standard InChI is InChI=1S/C20H27N5S/c1-21-19(23-14-16-9-12-22-18(13-16)25(2)3)24-15-20(10-11-20)26-17-7-5-4-6-8-17/h4-9,12-13H,10-11,14-15H2,1-3H3,(H2,21,23,24). The number of guanidine groups is 1. The first-order valence-corrected chi connectivity index (χ1v) is 9.73. The van der Waals surface area contributed by atoms with Crippen LogP contribution < -0.4 is 15.5 Å². The molecule has 1 heterocycles. The van der Waals surface area contributed by atoms with E-state index in [1.807, 2.05) is 50.1 Å². The van der Waals surface area contributed by atoms with Crippen molar-refractivity contribution in [2.24, 2.45) is 4.99 Å². The van der Waals surface area contributed by atoms with Crippen LogP contribution in [0.15, 0.2) is 58.5 Å². The topological polar surface area (TPSA) is 52.6 Å². The van der Waals surface area contributed by atoms with Crippen LogP contribution in [0.4, 0.5) is 5.82 Å². The van der Waals surface area contributed by atoms with E-state index in [0.29, 0.717) is 4.75 Å². The molecule has 0 amide bonds. The van der Waals surface area contributed by atoms with Gasteiger partial charge in [-0.2, -0.15) is 0 Å². The first kappa shape index (κ1) is 18.6. The molecule has 0 radical (unpaired) electrons. The van der Waals surface area contributed by atoms with Crippen molar-refractivity contribution in [3.8, 4) is 0 Å². The molecule has 1 aromatic carbocycles. The molecular formula is C20H27N5S. The SMILES string of the molecule is CN=C(NCc1ccnc(N(C)C)c1)NCC1(Sc2ccccc2)CC1. The van der Waals surface area contributed by atoms with Gasteiger partial charge in [-0.1, -0.05) is 18.2 Å². The number of hydrogen-bond acceptors (Lipinski definition) is 4. The number of nitrogens with zero attached hydrogens (tertiary/aromatic N) is 3. The Morgan fingerprint density at radius 1 is 1.19 bits per heavy atom. The van der Waals surface area contributed by atoms with Crippen molar-refractivity contribution in [3.05, 3.63) is 54.2 Å². The average molecular weight is 370 g/mol. The van der Waals surface area contributed by atoms with Crippen LogP contribution in [0.25, 0.3) is 0 Å². The maximum Gasteiger partial charge on any atom is 0.191 e. The molecular weight excluding hydrogens is 342 g/mol. The fourth-order valence-corrected chi connectivity index (χ4v) is 3.90. The molecule has 138 valence electrons. The Bertz CT molecular complexity index is 741. The summed E-state index contributed by atoms with van der Waals surface area (Å²) in [6.45, 7) is 1.65. The van der Waals surface area contributed by atoms with E-state index < -0.39 is 0 Å². The van der Waals surface area contributed by atoms with E-state index in [0.717, 1.165) is 24.9 Å². The van der Waals surface area contributed by atoms with Crippen LogP contribution in [0.3, 0.4) is 0 Å². The Kier molecular flexibility index (Phi) is 6.04. The quantitative estimate of drug-likeness (QED) is 0.580. The minimum atomic E-state index is 0.299. The van der Waals surface area contributed by atoms with E-state index in [-0.39, 0.29) is 0 Å². The molecule has 3 rings (SSSR count). The summed E-state index contributed by atoms with van der Waals surface area (Å²) >= 11 is 1.97. The molecule has 2 N–H and O–H groups in total. The van der Waals surface area contributed by atoms with Crippen LogP contribution in [0.2, 0.25) is 0 Å². The third-order valence-corrected chi connectivity index (χ3v) is 5.91. The Hall–Kier alpha value is -2.21. The van der Waals surface area contributed by atoms with E-state index in [1.165, 1.54) is 23.3 Å². The Balaban J connectivity index is 1.50. The van der Waals surface area contributed by atoms with Crippen molar-refractivity contribution in [2.75, 3.05) is 32.6 Å². The second-order valence-corrected chi connectivity index (χ2v) is 8.34. The fraction of sp³-hybridized carbons (Fsp3) is 0.400. The van der Waals surface area contributed by atoms with Gasteiger partial charge >= 0.3 is 0 Å². The first-order valence-electron chi connectivity index (χ1n) is 8.91. The molecule has 0 aliphatic heterocycles. The van der Waals surface area contributed by atoms with Crippen molar-refractivity contribution in [1.29, 1.82) is 0 Å². The summed E-state index contributed by atoms with van der Waals surface area (Å²) in [6, 6.07) is 14.8. The predicted molar refractivity (Wildman–Crippen MR) is 111 cm³/mol. The minimum Gasteiger partial charge on any atom is -0.363 e. The van der Waals surface area contributed by atoms with Crippen molar-refractivity contribution >= 4 is 23.5 Å². The Morgan fingerprint density at radius 3 is 2.62 bits per heavy atom. The van der Waals surface area contributed by atoms with Crippen LogP contribution >= 0.6 is 11.8 Å². The molecule has 1 aromatic heterocycles. The van der Waals surface area contributed by atoms with Gasteiger partial charge in [0.15, 0.2) is 5.96 Å². The number of pyridine rings is 1. The molecule has 1 aliphatic rings. The minimum absolute atomic E-state index is 0.299. The third-order valence-electron chi connectivity index (χ3n) is 4.41. The van der Waals surface area contributed by atoms with Crippen LogP contribution in [0.5, 0.6) is 0 Å². The molecule has 0 atom stereocenters. The van der Waals surface area contributed by atoms with Crippen LogP contribution in [-0.2, 0) is 6.54 Å². The van der Waals surface area contributed by atoms with E-state index in [4.69, 9.17) is 0 Å². The molecule has 5 nitrogen and oxygen atoms in total. The second kappa shape index (κ2) is 8.45. The molecule has 1 aliphatic carbocycles. The molecule has 2 aromatic rings. The lowest BCUT2D eigenvalue weighted by molar-refractivity contribution is 0.766. The number of benzene rings is 1. The first-order chi connectivity index (χ1) is 12.6. The highest BCUT2D eigenvalue weighted by Crippen LogP contribution is 2.51. The van der Waals surface area contributed by atoms with Gasteiger partial charge in [0.1, 0.15) is 5.82 Å². The number of aliphatic imine (C=N–C) groups is 1. The fourth-order valence-electron chi connectivity index (χ4n) is 2.66. The zero-order valence-corrected chi connectivity index (χ0v) is 16.5. The smallest absolute Gasteiger partial charge is 0.191 e. The van der Waals surface area contributed by atoms with Crippen molar-refractivity contribution in [2.45, 2.75) is 29.0 Å². The summed E-state index contributed by atoms with van der Waals surface area (Å²) in [5, 5.41) is 6.89. The van der Waals surface area contributed by atoms with Gasteiger partial charge in [0, 0.05) is 50.1 Å². The number of aromatic nitrogens is 1. The number of nitrogens with one attached hydrogen (secondary N) is 2. The summed E-state index contributed by atoms with van der Waals surface area (Å²) in [6.07, 6.45) is 4.33. The van der Waals surface area contributed by atoms with E-state index >= 15 is 0 Å². The normalized spacial score (nSPS) is 15.4. The summed E-state index contributed by atoms with van der Waals surface area (Å²) in [4.78, 5) is 12.1. The lowest BCUT2D eigenvalue weighted by atomic mass is 10.2. The van der Waals surface area contributed by atoms with Gasteiger partial charge in [-0.25, -0.2) is 4.98 Å². The van der Waals surface area contributed by atoms with Crippen molar-refractivity contribution in [3.63, 3.8) is 0 Å². The van der Waals surface area contributed by atoms with Gasteiger partial charge in [-0.15, -0.1) is 11.8 Å². The zero-order valence-electron chi connectivity index (χ0n) is 15.7. The molecule has 0 unspecified atom stereocenters. The maximum absolute atomic E-state index is 4.36. The van der Waals surface area contributed by atoms with Crippen LogP contribution in [0, 0.1) is 0 Å². The molecule has 1 saturated carbocycles. The highest BCUT2D eigenvalue weighted by atomic mass is 32.2. The molecule has 0 saturated heterocycles. The summed E-state index contributed by atoms with van der Waals surface area (Å²) in [7, 11) is 5.82. The molecule has 6 heteroatoms. The van der Waals surface area contributed by atoms with Gasteiger partial charge in [-0.05, 0) is 42.7 Å². The largest absolute Gasteiger partial charge is 0.363 e. The number of rotatable bonds is 7. The van der Waals surface area contributed by atoms with Gasteiger partial charge in [0.25, 0.3) is 0 Å². The van der Waals surface area contributed by atoms with Crippen molar-refractivity contribution < 1.29 is 0 Å². The summed E-state index contributed by atoms with van der Waals surface area (Å²) < 4.78 is 0.299. The van der Waals surface area contributed by atoms with Crippen LogP contribution in [-0.4, -0.2) is 43.4 Å².